The maximum absolute atomic E-state index is 13.8. The van der Waals surface area contributed by atoms with Gasteiger partial charge in [-0.1, -0.05) is 11.6 Å². The van der Waals surface area contributed by atoms with Crippen molar-refractivity contribution in [3.63, 3.8) is 0 Å². The molecule has 1 aromatic carbocycles. The molecule has 0 amide bonds. The van der Waals surface area contributed by atoms with Crippen LogP contribution in [-0.2, 0) is 6.54 Å². The van der Waals surface area contributed by atoms with Crippen molar-refractivity contribution in [2.45, 2.75) is 6.54 Å². The first-order chi connectivity index (χ1) is 8.09. The van der Waals surface area contributed by atoms with Crippen LogP contribution in [0.2, 0.25) is 5.02 Å². The average molecular weight is 256 g/mol. The number of aromatic nitrogens is 2. The van der Waals surface area contributed by atoms with E-state index in [1.54, 1.807) is 6.20 Å². The molecule has 7 heteroatoms. The number of halogens is 2. The Labute approximate surface area is 102 Å². The number of nitrogens with one attached hydrogen (secondary N) is 2. The minimum atomic E-state index is -0.649. The van der Waals surface area contributed by atoms with Gasteiger partial charge in [0, 0.05) is 6.20 Å². The quantitative estimate of drug-likeness (QED) is 0.631. The molecule has 0 aliphatic rings. The Bertz CT molecular complexity index is 526. The number of nitrogens with zero attached hydrogens (tertiary/aromatic N) is 1. The molecule has 0 saturated heterocycles. The molecular weight excluding hydrogens is 245 g/mol. The Balaban J connectivity index is 2.24. The van der Waals surface area contributed by atoms with Gasteiger partial charge in [-0.2, -0.15) is 0 Å². The molecule has 0 bridgehead atoms. The van der Waals surface area contributed by atoms with Crippen LogP contribution in [0.3, 0.4) is 0 Å². The zero-order valence-corrected chi connectivity index (χ0v) is 9.55. The van der Waals surface area contributed by atoms with Gasteiger partial charge in [-0.05, 0) is 6.07 Å². The van der Waals surface area contributed by atoms with E-state index in [-0.39, 0.29) is 22.1 Å². The second-order valence-corrected chi connectivity index (χ2v) is 3.87. The minimum Gasteiger partial charge on any atom is -0.397 e. The van der Waals surface area contributed by atoms with Crippen LogP contribution in [0.1, 0.15) is 5.69 Å². The highest BCUT2D eigenvalue weighted by molar-refractivity contribution is 6.33. The van der Waals surface area contributed by atoms with Gasteiger partial charge in [0.05, 0.1) is 35.6 Å². The molecule has 1 aromatic heterocycles. The van der Waals surface area contributed by atoms with Crippen molar-refractivity contribution in [2.24, 2.45) is 0 Å². The highest BCUT2D eigenvalue weighted by atomic mass is 35.5. The van der Waals surface area contributed by atoms with Gasteiger partial charge in [-0.15, -0.1) is 0 Å². The molecule has 0 saturated carbocycles. The van der Waals surface area contributed by atoms with Crippen molar-refractivity contribution < 1.29 is 4.39 Å². The standard InChI is InChI=1S/C10H11ClFN5/c11-8-6(13)1-7(14)10(9(8)12)16-3-5-2-15-4-17-5/h1-2,4,16H,3,13-14H2,(H,15,17). The van der Waals surface area contributed by atoms with Crippen molar-refractivity contribution in [1.82, 2.24) is 9.97 Å². The molecule has 6 N–H and O–H groups in total. The number of nitrogen functional groups attached to an aromatic ring is 2. The molecule has 17 heavy (non-hydrogen) atoms. The molecular formula is C10H11ClFN5. The largest absolute Gasteiger partial charge is 0.397 e. The number of hydrogen-bond donors (Lipinski definition) is 4. The summed E-state index contributed by atoms with van der Waals surface area (Å²) in [7, 11) is 0. The van der Waals surface area contributed by atoms with Crippen LogP contribution >= 0.6 is 11.6 Å². The van der Waals surface area contributed by atoms with Gasteiger partial charge in [0.25, 0.3) is 0 Å². The third kappa shape index (κ3) is 2.26. The fourth-order valence-electron chi connectivity index (χ4n) is 1.41. The molecule has 0 radical (unpaired) electrons. The van der Waals surface area contributed by atoms with E-state index in [9.17, 15) is 4.39 Å². The van der Waals surface area contributed by atoms with E-state index in [0.29, 0.717) is 6.54 Å². The fourth-order valence-corrected chi connectivity index (χ4v) is 1.56. The average Bonchev–Trinajstić information content (AvgIpc) is 2.79. The van der Waals surface area contributed by atoms with E-state index in [0.717, 1.165) is 5.69 Å². The van der Waals surface area contributed by atoms with E-state index >= 15 is 0 Å². The third-order valence-corrected chi connectivity index (χ3v) is 2.66. The molecule has 2 rings (SSSR count). The van der Waals surface area contributed by atoms with Crippen molar-refractivity contribution >= 4 is 28.7 Å². The summed E-state index contributed by atoms with van der Waals surface area (Å²) in [6.45, 7) is 0.362. The summed E-state index contributed by atoms with van der Waals surface area (Å²) in [5.74, 6) is -0.649. The molecule has 0 unspecified atom stereocenters. The van der Waals surface area contributed by atoms with E-state index in [2.05, 4.69) is 15.3 Å². The topological polar surface area (TPSA) is 92.8 Å². The molecule has 2 aromatic rings. The van der Waals surface area contributed by atoms with Gasteiger partial charge in [0.1, 0.15) is 5.02 Å². The number of benzene rings is 1. The number of aromatic amines is 1. The van der Waals surface area contributed by atoms with Gasteiger partial charge < -0.3 is 21.8 Å². The second-order valence-electron chi connectivity index (χ2n) is 3.49. The molecule has 1 heterocycles. The summed E-state index contributed by atoms with van der Waals surface area (Å²) in [5.41, 5.74) is 12.4. The van der Waals surface area contributed by atoms with Crippen LogP contribution in [0.15, 0.2) is 18.6 Å². The van der Waals surface area contributed by atoms with Gasteiger partial charge in [0.15, 0.2) is 5.82 Å². The molecule has 0 spiro atoms. The van der Waals surface area contributed by atoms with E-state index in [1.807, 2.05) is 0 Å². The lowest BCUT2D eigenvalue weighted by Gasteiger charge is -2.12. The van der Waals surface area contributed by atoms with Gasteiger partial charge >= 0.3 is 0 Å². The number of imidazole rings is 1. The smallest absolute Gasteiger partial charge is 0.169 e. The van der Waals surface area contributed by atoms with Crippen LogP contribution in [0.25, 0.3) is 0 Å². The number of rotatable bonds is 3. The maximum atomic E-state index is 13.8. The Kier molecular flexibility index (Phi) is 3.06. The number of hydrogen-bond acceptors (Lipinski definition) is 4. The lowest BCUT2D eigenvalue weighted by Crippen LogP contribution is -2.06. The summed E-state index contributed by atoms with van der Waals surface area (Å²) in [5, 5.41) is 2.71. The van der Waals surface area contributed by atoms with Crippen molar-refractivity contribution in [1.29, 1.82) is 0 Å². The van der Waals surface area contributed by atoms with Crippen LogP contribution in [-0.4, -0.2) is 9.97 Å². The predicted molar refractivity (Wildman–Crippen MR) is 66.1 cm³/mol. The molecule has 5 nitrogen and oxygen atoms in total. The van der Waals surface area contributed by atoms with Gasteiger partial charge in [-0.3, -0.25) is 0 Å². The zero-order valence-electron chi connectivity index (χ0n) is 8.80. The Morgan fingerprint density at radius 3 is 2.82 bits per heavy atom. The predicted octanol–water partition coefficient (Wildman–Crippen LogP) is 1.98. The van der Waals surface area contributed by atoms with Crippen LogP contribution in [0.5, 0.6) is 0 Å². The summed E-state index contributed by atoms with van der Waals surface area (Å²) >= 11 is 5.70. The molecule has 0 fully saturated rings. The first kappa shape index (κ1) is 11.5. The Hall–Kier alpha value is -1.95. The Morgan fingerprint density at radius 1 is 1.41 bits per heavy atom. The Morgan fingerprint density at radius 2 is 2.18 bits per heavy atom. The normalized spacial score (nSPS) is 10.5. The maximum Gasteiger partial charge on any atom is 0.169 e. The number of H-pyrrole nitrogens is 1. The van der Waals surface area contributed by atoms with E-state index < -0.39 is 5.82 Å². The lowest BCUT2D eigenvalue weighted by molar-refractivity contribution is 0.631. The summed E-state index contributed by atoms with van der Waals surface area (Å²) in [6.07, 6.45) is 3.16. The SMILES string of the molecule is Nc1cc(N)c(NCc2cnc[nH]2)c(F)c1Cl. The number of nitrogens with two attached hydrogens (primary N) is 2. The van der Waals surface area contributed by atoms with Crippen molar-refractivity contribution in [3.05, 3.63) is 35.1 Å². The van der Waals surface area contributed by atoms with Crippen molar-refractivity contribution in [2.75, 3.05) is 16.8 Å². The second kappa shape index (κ2) is 4.50. The summed E-state index contributed by atoms with van der Waals surface area (Å²) < 4.78 is 13.8. The minimum absolute atomic E-state index is 0.119. The number of anilines is 3. The van der Waals surface area contributed by atoms with Crippen molar-refractivity contribution in [3.8, 4) is 0 Å². The molecule has 0 atom stereocenters. The van der Waals surface area contributed by atoms with Crippen LogP contribution in [0.4, 0.5) is 21.5 Å². The van der Waals surface area contributed by atoms with Crippen LogP contribution in [0, 0.1) is 5.82 Å². The summed E-state index contributed by atoms with van der Waals surface area (Å²) in [4.78, 5) is 6.72. The highest BCUT2D eigenvalue weighted by Crippen LogP contribution is 2.33. The molecule has 0 aliphatic heterocycles. The molecule has 0 aliphatic carbocycles. The summed E-state index contributed by atoms with van der Waals surface area (Å²) in [6, 6.07) is 1.42. The van der Waals surface area contributed by atoms with Crippen LogP contribution < -0.4 is 16.8 Å². The molecule has 90 valence electrons. The lowest BCUT2D eigenvalue weighted by atomic mass is 10.2. The van der Waals surface area contributed by atoms with Gasteiger partial charge in [0.2, 0.25) is 0 Å². The first-order valence-electron chi connectivity index (χ1n) is 4.83. The first-order valence-corrected chi connectivity index (χ1v) is 5.21. The zero-order chi connectivity index (χ0) is 12.4. The van der Waals surface area contributed by atoms with Gasteiger partial charge in [-0.25, -0.2) is 9.37 Å². The monoisotopic (exact) mass is 255 g/mol. The van der Waals surface area contributed by atoms with E-state index in [1.165, 1.54) is 12.4 Å². The third-order valence-electron chi connectivity index (χ3n) is 2.28. The fraction of sp³-hybridized carbons (Fsp3) is 0.100. The highest BCUT2D eigenvalue weighted by Gasteiger charge is 2.13. The van der Waals surface area contributed by atoms with E-state index in [4.69, 9.17) is 23.1 Å².